The topological polar surface area (TPSA) is 106 Å². The first-order valence-corrected chi connectivity index (χ1v) is 15.0. The third-order valence-electron chi connectivity index (χ3n) is 5.24. The van der Waals surface area contributed by atoms with Crippen molar-refractivity contribution in [3.05, 3.63) is 99.9 Å². The number of nitrogens with zero attached hydrogens (tertiary/aromatic N) is 2. The molecule has 36 heavy (non-hydrogen) atoms. The lowest BCUT2D eigenvalue weighted by molar-refractivity contribution is 0.593. The molecule has 0 amide bonds. The highest BCUT2D eigenvalue weighted by atomic mass is 35.5. The second kappa shape index (κ2) is 10.5. The predicted molar refractivity (Wildman–Crippen MR) is 144 cm³/mol. The molecule has 1 aromatic heterocycles. The molecular formula is C25H22ClN3O4S3. The summed E-state index contributed by atoms with van der Waals surface area (Å²) in [5.41, 5.74) is 5.41. The van der Waals surface area contributed by atoms with Crippen molar-refractivity contribution in [1.82, 2.24) is 4.98 Å². The second-order valence-electron chi connectivity index (χ2n) is 8.02. The van der Waals surface area contributed by atoms with Gasteiger partial charge < -0.3 is 0 Å². The van der Waals surface area contributed by atoms with E-state index >= 15 is 0 Å². The molecule has 0 saturated heterocycles. The molecule has 4 rings (SSSR count). The number of sulfone groups is 2. The van der Waals surface area contributed by atoms with Crippen molar-refractivity contribution in [3.63, 3.8) is 0 Å². The first kappa shape index (κ1) is 26.0. The highest BCUT2D eigenvalue weighted by Gasteiger charge is 2.26. The van der Waals surface area contributed by atoms with Gasteiger partial charge in [-0.25, -0.2) is 21.8 Å². The molecule has 0 spiro atoms. The van der Waals surface area contributed by atoms with Crippen LogP contribution < -0.4 is 5.43 Å². The minimum atomic E-state index is -3.94. The van der Waals surface area contributed by atoms with Crippen LogP contribution in [0.3, 0.4) is 0 Å². The smallest absolute Gasteiger partial charge is 0.226 e. The van der Waals surface area contributed by atoms with E-state index in [2.05, 4.69) is 15.5 Å². The van der Waals surface area contributed by atoms with Crippen LogP contribution in [0.15, 0.2) is 98.8 Å². The number of thiazole rings is 1. The summed E-state index contributed by atoms with van der Waals surface area (Å²) in [6.45, 7) is 3.74. The first-order chi connectivity index (χ1) is 17.1. The van der Waals surface area contributed by atoms with Crippen molar-refractivity contribution in [2.45, 2.75) is 28.7 Å². The van der Waals surface area contributed by atoms with Crippen molar-refractivity contribution in [3.8, 4) is 0 Å². The molecule has 11 heteroatoms. The van der Waals surface area contributed by atoms with Crippen molar-refractivity contribution in [1.29, 1.82) is 0 Å². The third-order valence-corrected chi connectivity index (χ3v) is 9.99. The lowest BCUT2D eigenvalue weighted by Crippen LogP contribution is -2.19. The Hall–Kier alpha value is -3.05. The van der Waals surface area contributed by atoms with Crippen LogP contribution in [0.1, 0.15) is 16.7 Å². The van der Waals surface area contributed by atoms with E-state index in [-0.39, 0.29) is 35.7 Å². The van der Waals surface area contributed by atoms with E-state index in [1.807, 2.05) is 19.9 Å². The number of halogens is 1. The number of aryl methyl sites for hydroxylation is 2. The maximum Gasteiger partial charge on any atom is 0.226 e. The number of benzene rings is 3. The molecule has 0 aliphatic rings. The van der Waals surface area contributed by atoms with Crippen LogP contribution in [0.25, 0.3) is 0 Å². The SMILES string of the molecule is Cc1ccc(S(=O)(=O)CC(=NNc2nc(S(=O)(=O)c3ccc(C)cc3)c(Cl)s2)c2ccccc2)cc1. The number of nitrogens with one attached hydrogen (secondary N) is 1. The van der Waals surface area contributed by atoms with Gasteiger partial charge in [0.15, 0.2) is 14.9 Å². The second-order valence-corrected chi connectivity index (χ2v) is 13.5. The van der Waals surface area contributed by atoms with Crippen LogP contribution in [0.4, 0.5) is 5.13 Å². The molecule has 0 saturated carbocycles. The summed E-state index contributed by atoms with van der Waals surface area (Å²) < 4.78 is 52.2. The Balaban J connectivity index is 1.65. The van der Waals surface area contributed by atoms with Gasteiger partial charge in [-0.2, -0.15) is 5.10 Å². The Kier molecular flexibility index (Phi) is 7.60. The van der Waals surface area contributed by atoms with Gasteiger partial charge >= 0.3 is 0 Å². The summed E-state index contributed by atoms with van der Waals surface area (Å²) in [6.07, 6.45) is 0. The molecule has 7 nitrogen and oxygen atoms in total. The molecule has 0 radical (unpaired) electrons. The number of hydrogen-bond acceptors (Lipinski definition) is 8. The average Bonchev–Trinajstić information content (AvgIpc) is 3.24. The van der Waals surface area contributed by atoms with E-state index in [4.69, 9.17) is 11.6 Å². The Morgan fingerprint density at radius 3 is 2.00 bits per heavy atom. The zero-order valence-corrected chi connectivity index (χ0v) is 22.5. The Morgan fingerprint density at radius 2 is 1.42 bits per heavy atom. The van der Waals surface area contributed by atoms with Crippen LogP contribution in [0, 0.1) is 13.8 Å². The van der Waals surface area contributed by atoms with Crippen molar-refractivity contribution in [2.24, 2.45) is 5.10 Å². The highest BCUT2D eigenvalue weighted by molar-refractivity contribution is 7.92. The highest BCUT2D eigenvalue weighted by Crippen LogP contribution is 2.34. The molecule has 4 aromatic rings. The lowest BCUT2D eigenvalue weighted by atomic mass is 10.1. The van der Waals surface area contributed by atoms with Gasteiger partial charge in [0.1, 0.15) is 4.34 Å². The monoisotopic (exact) mass is 559 g/mol. The van der Waals surface area contributed by atoms with Gasteiger partial charge in [-0.15, -0.1) is 0 Å². The third kappa shape index (κ3) is 5.84. The quantitative estimate of drug-likeness (QED) is 0.224. The standard InChI is InChI=1S/C25H22ClN3O4S3/c1-17-8-12-20(13-9-17)35(30,31)16-22(19-6-4-3-5-7-19)28-29-25-27-24(23(26)34-25)36(32,33)21-14-10-18(2)11-15-21/h3-15H,16H2,1-2H3,(H,27,29). The largest absolute Gasteiger partial charge is 0.252 e. The number of anilines is 1. The summed E-state index contributed by atoms with van der Waals surface area (Å²) >= 11 is 7.13. The lowest BCUT2D eigenvalue weighted by Gasteiger charge is -2.09. The van der Waals surface area contributed by atoms with Gasteiger partial charge in [-0.1, -0.05) is 88.7 Å². The average molecular weight is 560 g/mol. The first-order valence-electron chi connectivity index (χ1n) is 10.7. The number of aromatic nitrogens is 1. The Morgan fingerprint density at radius 1 is 0.861 bits per heavy atom. The van der Waals surface area contributed by atoms with Gasteiger partial charge in [0, 0.05) is 0 Å². The molecule has 1 heterocycles. The minimum absolute atomic E-state index is 0.0261. The number of hydrogen-bond donors (Lipinski definition) is 1. The summed E-state index contributed by atoms with van der Waals surface area (Å²) in [5.74, 6) is -0.374. The summed E-state index contributed by atoms with van der Waals surface area (Å²) in [6, 6.07) is 21.8. The molecule has 186 valence electrons. The maximum atomic E-state index is 13.1. The zero-order chi connectivity index (χ0) is 25.9. The van der Waals surface area contributed by atoms with Gasteiger partial charge in [0.05, 0.1) is 21.3 Å². The Labute approximate surface area is 219 Å². The van der Waals surface area contributed by atoms with Crippen LogP contribution in [-0.2, 0) is 19.7 Å². The minimum Gasteiger partial charge on any atom is -0.252 e. The zero-order valence-electron chi connectivity index (χ0n) is 19.3. The molecule has 3 aromatic carbocycles. The van der Waals surface area contributed by atoms with Crippen molar-refractivity contribution < 1.29 is 16.8 Å². The van der Waals surface area contributed by atoms with E-state index in [0.29, 0.717) is 5.56 Å². The van der Waals surface area contributed by atoms with Crippen molar-refractivity contribution >= 4 is 53.5 Å². The molecule has 1 N–H and O–H groups in total. The van der Waals surface area contributed by atoms with Crippen LogP contribution in [0.2, 0.25) is 4.34 Å². The van der Waals surface area contributed by atoms with Crippen molar-refractivity contribution in [2.75, 3.05) is 11.2 Å². The normalized spacial score (nSPS) is 12.5. The van der Waals surface area contributed by atoms with Gasteiger partial charge in [0.2, 0.25) is 15.0 Å². The van der Waals surface area contributed by atoms with E-state index in [1.165, 1.54) is 12.1 Å². The van der Waals surface area contributed by atoms with Crippen LogP contribution in [0.5, 0.6) is 0 Å². The summed E-state index contributed by atoms with van der Waals surface area (Å²) in [4.78, 5) is 4.40. The summed E-state index contributed by atoms with van der Waals surface area (Å²) in [5, 5.41) is 4.12. The fourth-order valence-corrected chi connectivity index (χ4v) is 7.32. The maximum absolute atomic E-state index is 13.1. The van der Waals surface area contributed by atoms with Crippen LogP contribution in [-0.4, -0.2) is 33.3 Å². The molecule has 0 bridgehead atoms. The number of rotatable bonds is 8. The van der Waals surface area contributed by atoms with Gasteiger partial charge in [-0.3, -0.25) is 5.43 Å². The predicted octanol–water partition coefficient (Wildman–Crippen LogP) is 5.54. The summed E-state index contributed by atoms with van der Waals surface area (Å²) in [7, 11) is -7.65. The molecule has 0 aliphatic carbocycles. The fraction of sp³-hybridized carbons (Fsp3) is 0.120. The Bertz CT molecular complexity index is 1610. The van der Waals surface area contributed by atoms with E-state index in [1.54, 1.807) is 60.7 Å². The molecule has 0 aliphatic heterocycles. The van der Waals surface area contributed by atoms with E-state index in [9.17, 15) is 16.8 Å². The van der Waals surface area contributed by atoms with E-state index in [0.717, 1.165) is 22.5 Å². The fourth-order valence-electron chi connectivity index (χ4n) is 3.27. The van der Waals surface area contributed by atoms with Gasteiger partial charge in [0.25, 0.3) is 0 Å². The van der Waals surface area contributed by atoms with Gasteiger partial charge in [-0.05, 0) is 43.7 Å². The van der Waals surface area contributed by atoms with Crippen LogP contribution >= 0.6 is 22.9 Å². The molecule has 0 unspecified atom stereocenters. The molecule has 0 fully saturated rings. The number of hydrazone groups is 1. The van der Waals surface area contributed by atoms with E-state index < -0.39 is 19.7 Å². The molecule has 0 atom stereocenters. The molecular weight excluding hydrogens is 538 g/mol.